The molecule has 0 amide bonds. The van der Waals surface area contributed by atoms with E-state index in [4.69, 9.17) is 33.2 Å². The molecule has 0 aromatic heterocycles. The minimum Gasteiger partial charge on any atom is -0.456 e. The lowest BCUT2D eigenvalue weighted by atomic mass is 10.1. The topological polar surface area (TPSA) is 50.1 Å². The summed E-state index contributed by atoms with van der Waals surface area (Å²) >= 11 is 11.8. The molecule has 5 heteroatoms. The molecule has 0 aliphatic rings. The summed E-state index contributed by atoms with van der Waals surface area (Å²) in [5, 5.41) is 9.76. The van der Waals surface area contributed by atoms with Crippen LogP contribution >= 0.6 is 23.2 Å². The number of nitriles is 1. The largest absolute Gasteiger partial charge is 0.456 e. The van der Waals surface area contributed by atoms with Crippen molar-refractivity contribution in [3.05, 3.63) is 57.6 Å². The van der Waals surface area contributed by atoms with Gasteiger partial charge in [0.05, 0.1) is 17.2 Å². The van der Waals surface area contributed by atoms with Gasteiger partial charge in [-0.2, -0.15) is 5.26 Å². The summed E-state index contributed by atoms with van der Waals surface area (Å²) < 4.78 is 5.63. The van der Waals surface area contributed by atoms with Crippen molar-refractivity contribution in [3.8, 4) is 17.6 Å². The molecule has 0 heterocycles. The van der Waals surface area contributed by atoms with Crippen molar-refractivity contribution in [2.45, 2.75) is 6.92 Å². The average Bonchev–Trinajstić information content (AvgIpc) is 2.37. The highest BCUT2D eigenvalue weighted by atomic mass is 35.5. The Morgan fingerprint density at radius 3 is 2.35 bits per heavy atom. The average molecular weight is 306 g/mol. The van der Waals surface area contributed by atoms with Gasteiger partial charge < -0.3 is 4.74 Å². The highest BCUT2D eigenvalue weighted by Crippen LogP contribution is 2.31. The van der Waals surface area contributed by atoms with Crippen LogP contribution < -0.4 is 4.74 Å². The lowest BCUT2D eigenvalue weighted by Crippen LogP contribution is -1.97. The zero-order valence-corrected chi connectivity index (χ0v) is 12.0. The van der Waals surface area contributed by atoms with Gasteiger partial charge in [0.15, 0.2) is 5.78 Å². The Balaban J connectivity index is 2.46. The van der Waals surface area contributed by atoms with Gasteiger partial charge in [-0.15, -0.1) is 0 Å². The third kappa shape index (κ3) is 3.30. The monoisotopic (exact) mass is 305 g/mol. The van der Waals surface area contributed by atoms with Crippen molar-refractivity contribution in [1.82, 2.24) is 0 Å². The van der Waals surface area contributed by atoms with Crippen molar-refractivity contribution >= 4 is 29.0 Å². The molecule has 0 unspecified atom stereocenters. The summed E-state index contributed by atoms with van der Waals surface area (Å²) in [7, 11) is 0. The molecule has 0 radical (unpaired) electrons. The fourth-order valence-electron chi connectivity index (χ4n) is 1.68. The van der Waals surface area contributed by atoms with E-state index in [9.17, 15) is 4.79 Å². The maximum absolute atomic E-state index is 11.6. The molecular weight excluding hydrogens is 297 g/mol. The van der Waals surface area contributed by atoms with Crippen LogP contribution in [0.15, 0.2) is 36.4 Å². The van der Waals surface area contributed by atoms with E-state index in [-0.39, 0.29) is 5.78 Å². The molecule has 0 aliphatic heterocycles. The van der Waals surface area contributed by atoms with Gasteiger partial charge in [0.2, 0.25) is 0 Å². The number of hydrogen-bond acceptors (Lipinski definition) is 3. The van der Waals surface area contributed by atoms with Crippen LogP contribution in [0.3, 0.4) is 0 Å². The van der Waals surface area contributed by atoms with Crippen LogP contribution in [0.5, 0.6) is 11.5 Å². The van der Waals surface area contributed by atoms with Gasteiger partial charge in [0, 0.05) is 10.0 Å². The number of hydrogen-bond donors (Lipinski definition) is 0. The van der Waals surface area contributed by atoms with E-state index in [1.54, 1.807) is 30.3 Å². The number of carbonyl (C=O) groups excluding carboxylic acids is 1. The number of ketones is 1. The predicted molar refractivity (Wildman–Crippen MR) is 77.7 cm³/mol. The van der Waals surface area contributed by atoms with E-state index in [1.807, 2.05) is 6.07 Å². The molecule has 2 aromatic rings. The summed E-state index contributed by atoms with van der Waals surface area (Å²) in [5.74, 6) is 0.549. The zero-order valence-electron chi connectivity index (χ0n) is 10.5. The third-order valence-electron chi connectivity index (χ3n) is 2.55. The van der Waals surface area contributed by atoms with Crippen molar-refractivity contribution in [1.29, 1.82) is 5.26 Å². The van der Waals surface area contributed by atoms with Gasteiger partial charge in [-0.25, -0.2) is 0 Å². The van der Waals surface area contributed by atoms with E-state index in [0.717, 1.165) is 0 Å². The molecule has 0 aliphatic carbocycles. The summed E-state index contributed by atoms with van der Waals surface area (Å²) in [6.07, 6.45) is 0. The Morgan fingerprint density at radius 2 is 1.80 bits per heavy atom. The van der Waals surface area contributed by atoms with E-state index < -0.39 is 0 Å². The fraction of sp³-hybridized carbons (Fsp3) is 0.0667. The molecular formula is C15H9Cl2NO2. The molecule has 2 rings (SSSR count). The maximum Gasteiger partial charge on any atom is 0.163 e. The number of rotatable bonds is 3. The van der Waals surface area contributed by atoms with Crippen LogP contribution in [0.4, 0.5) is 0 Å². The Labute approximate surface area is 126 Å². The molecule has 0 spiro atoms. The highest BCUT2D eigenvalue weighted by molar-refractivity contribution is 6.34. The van der Waals surface area contributed by atoms with Gasteiger partial charge in [0.1, 0.15) is 11.5 Å². The quantitative estimate of drug-likeness (QED) is 0.761. The lowest BCUT2D eigenvalue weighted by Gasteiger charge is -2.10. The van der Waals surface area contributed by atoms with Crippen molar-refractivity contribution in [2.24, 2.45) is 0 Å². The van der Waals surface area contributed by atoms with Crippen LogP contribution in [0, 0.1) is 11.3 Å². The fourth-order valence-corrected chi connectivity index (χ4v) is 2.19. The first-order valence-electron chi connectivity index (χ1n) is 5.68. The van der Waals surface area contributed by atoms with Gasteiger partial charge in [-0.05, 0) is 43.3 Å². The highest BCUT2D eigenvalue weighted by Gasteiger charge is 2.11. The Hall–Kier alpha value is -2.02. The second-order valence-electron chi connectivity index (χ2n) is 4.09. The zero-order chi connectivity index (χ0) is 14.7. The van der Waals surface area contributed by atoms with Crippen molar-refractivity contribution in [2.75, 3.05) is 0 Å². The van der Waals surface area contributed by atoms with E-state index in [0.29, 0.717) is 32.7 Å². The minimum atomic E-state index is -0.155. The van der Waals surface area contributed by atoms with E-state index >= 15 is 0 Å². The number of halogens is 2. The molecule has 0 saturated heterocycles. The summed E-state index contributed by atoms with van der Waals surface area (Å²) in [6, 6.07) is 11.4. The molecule has 0 atom stereocenters. The first kappa shape index (κ1) is 14.4. The Bertz CT molecular complexity index is 700. The molecule has 20 heavy (non-hydrogen) atoms. The second kappa shape index (κ2) is 5.96. The molecule has 2 aromatic carbocycles. The summed E-state index contributed by atoms with van der Waals surface area (Å²) in [4.78, 5) is 11.6. The van der Waals surface area contributed by atoms with Gasteiger partial charge in [0.25, 0.3) is 0 Å². The molecule has 0 bridgehead atoms. The number of carbonyl (C=O) groups is 1. The molecule has 0 fully saturated rings. The number of ether oxygens (including phenoxy) is 1. The lowest BCUT2D eigenvalue weighted by molar-refractivity contribution is 0.101. The number of nitrogens with zero attached hydrogens (tertiary/aromatic N) is 1. The van der Waals surface area contributed by atoms with Crippen LogP contribution in [0.2, 0.25) is 10.0 Å². The smallest absolute Gasteiger partial charge is 0.163 e. The van der Waals surface area contributed by atoms with Crippen molar-refractivity contribution < 1.29 is 9.53 Å². The minimum absolute atomic E-state index is 0.155. The molecule has 0 saturated carbocycles. The van der Waals surface area contributed by atoms with Crippen LogP contribution in [0.25, 0.3) is 0 Å². The first-order valence-corrected chi connectivity index (χ1v) is 6.44. The second-order valence-corrected chi connectivity index (χ2v) is 4.96. The van der Waals surface area contributed by atoms with E-state index in [1.165, 1.54) is 13.0 Å². The standard InChI is InChI=1S/C15H9Cl2NO2/c1-9(19)14-3-2-10(8-18)4-15(14)20-13-6-11(16)5-12(17)7-13/h2-7H,1H3. The predicted octanol–water partition coefficient (Wildman–Crippen LogP) is 4.86. The Kier molecular flexibility index (Phi) is 4.29. The Morgan fingerprint density at radius 1 is 1.15 bits per heavy atom. The normalized spacial score (nSPS) is 9.90. The van der Waals surface area contributed by atoms with E-state index in [2.05, 4.69) is 0 Å². The molecule has 100 valence electrons. The summed E-state index contributed by atoms with van der Waals surface area (Å²) in [6.45, 7) is 1.43. The van der Waals surface area contributed by atoms with Crippen LogP contribution in [-0.2, 0) is 0 Å². The van der Waals surface area contributed by atoms with Gasteiger partial charge in [-0.1, -0.05) is 23.2 Å². The third-order valence-corrected chi connectivity index (χ3v) is 2.99. The first-order chi connectivity index (χ1) is 9.49. The SMILES string of the molecule is CC(=O)c1ccc(C#N)cc1Oc1cc(Cl)cc(Cl)c1. The van der Waals surface area contributed by atoms with Gasteiger partial charge in [-0.3, -0.25) is 4.79 Å². The molecule has 3 nitrogen and oxygen atoms in total. The van der Waals surface area contributed by atoms with Crippen LogP contribution in [0.1, 0.15) is 22.8 Å². The number of Topliss-reactive ketones (excluding diaryl/α,β-unsaturated/α-hetero) is 1. The van der Waals surface area contributed by atoms with Crippen LogP contribution in [-0.4, -0.2) is 5.78 Å². The summed E-state index contributed by atoms with van der Waals surface area (Å²) in [5.41, 5.74) is 0.790. The number of benzene rings is 2. The molecule has 0 N–H and O–H groups in total. The van der Waals surface area contributed by atoms with Gasteiger partial charge >= 0.3 is 0 Å². The maximum atomic E-state index is 11.6. The van der Waals surface area contributed by atoms with Crippen molar-refractivity contribution in [3.63, 3.8) is 0 Å².